The van der Waals surface area contributed by atoms with Gasteiger partial charge in [0.1, 0.15) is 5.82 Å². The number of nitrogens with one attached hydrogen (secondary N) is 2. The summed E-state index contributed by atoms with van der Waals surface area (Å²) in [6.45, 7) is 2.96. The second-order valence-corrected chi connectivity index (χ2v) is 6.98. The molecular weight excluding hydrogens is 371 g/mol. The van der Waals surface area contributed by atoms with Gasteiger partial charge in [0.2, 0.25) is 0 Å². The standard InChI is InChI=1S/C22H31FN4O2/c1-15-11-16(7-9-18(15)23)13-25-22(24-2)26-14-19(27(3)4)17-8-10-20(28-5)21(12-17)29-6/h7-12,19H,13-14H2,1-6H3,(H2,24,25,26). The maximum atomic E-state index is 13.4. The van der Waals surface area contributed by atoms with Crippen LogP contribution in [0.4, 0.5) is 4.39 Å². The zero-order valence-corrected chi connectivity index (χ0v) is 18.0. The number of nitrogens with zero attached hydrogens (tertiary/aromatic N) is 2. The largest absolute Gasteiger partial charge is 0.493 e. The van der Waals surface area contributed by atoms with E-state index in [1.54, 1.807) is 34.3 Å². The van der Waals surface area contributed by atoms with E-state index in [-0.39, 0.29) is 11.9 Å². The summed E-state index contributed by atoms with van der Waals surface area (Å²) in [5, 5.41) is 6.63. The molecule has 0 aliphatic carbocycles. The SMILES string of the molecule is CN=C(NCc1ccc(F)c(C)c1)NCC(c1ccc(OC)c(OC)c1)N(C)C. The first-order valence-corrected chi connectivity index (χ1v) is 9.47. The van der Waals surface area contributed by atoms with Gasteiger partial charge in [0.05, 0.1) is 20.3 Å². The fourth-order valence-corrected chi connectivity index (χ4v) is 3.08. The minimum atomic E-state index is -0.194. The van der Waals surface area contributed by atoms with Crippen molar-refractivity contribution in [3.63, 3.8) is 0 Å². The smallest absolute Gasteiger partial charge is 0.191 e. The third-order valence-corrected chi connectivity index (χ3v) is 4.78. The van der Waals surface area contributed by atoms with Gasteiger partial charge in [-0.2, -0.15) is 0 Å². The van der Waals surface area contributed by atoms with E-state index >= 15 is 0 Å². The number of aryl methyl sites for hydroxylation is 1. The Balaban J connectivity index is 2.03. The Kier molecular flexibility index (Phi) is 8.27. The molecule has 2 rings (SSSR count). The van der Waals surface area contributed by atoms with Crippen LogP contribution in [0.25, 0.3) is 0 Å². The number of ether oxygens (including phenoxy) is 2. The highest BCUT2D eigenvalue weighted by molar-refractivity contribution is 5.79. The van der Waals surface area contributed by atoms with Crippen molar-refractivity contribution < 1.29 is 13.9 Å². The highest BCUT2D eigenvalue weighted by Crippen LogP contribution is 2.31. The third-order valence-electron chi connectivity index (χ3n) is 4.78. The van der Waals surface area contributed by atoms with E-state index in [0.717, 1.165) is 11.1 Å². The molecule has 6 nitrogen and oxygen atoms in total. The van der Waals surface area contributed by atoms with Crippen molar-refractivity contribution in [1.29, 1.82) is 0 Å². The Morgan fingerprint density at radius 3 is 2.38 bits per heavy atom. The van der Waals surface area contributed by atoms with Crippen molar-refractivity contribution in [2.24, 2.45) is 4.99 Å². The van der Waals surface area contributed by atoms with Gasteiger partial charge in [0, 0.05) is 20.1 Å². The summed E-state index contributed by atoms with van der Waals surface area (Å²) in [5.41, 5.74) is 2.73. The Morgan fingerprint density at radius 2 is 1.79 bits per heavy atom. The van der Waals surface area contributed by atoms with Gasteiger partial charge < -0.3 is 25.0 Å². The van der Waals surface area contributed by atoms with Crippen molar-refractivity contribution in [1.82, 2.24) is 15.5 Å². The van der Waals surface area contributed by atoms with Crippen LogP contribution in [-0.2, 0) is 6.54 Å². The highest BCUT2D eigenvalue weighted by Gasteiger charge is 2.17. The van der Waals surface area contributed by atoms with Crippen LogP contribution >= 0.6 is 0 Å². The van der Waals surface area contributed by atoms with Crippen LogP contribution in [0.3, 0.4) is 0 Å². The van der Waals surface area contributed by atoms with Gasteiger partial charge in [-0.3, -0.25) is 4.99 Å². The molecule has 1 atom stereocenters. The first kappa shape index (κ1) is 22.5. The minimum absolute atomic E-state index is 0.0985. The number of benzene rings is 2. The molecule has 29 heavy (non-hydrogen) atoms. The lowest BCUT2D eigenvalue weighted by Gasteiger charge is -2.26. The molecule has 2 N–H and O–H groups in total. The quantitative estimate of drug-likeness (QED) is 0.525. The van der Waals surface area contributed by atoms with Crippen LogP contribution in [0.15, 0.2) is 41.4 Å². The fourth-order valence-electron chi connectivity index (χ4n) is 3.08. The normalized spacial score (nSPS) is 12.6. The molecule has 0 fully saturated rings. The minimum Gasteiger partial charge on any atom is -0.493 e. The van der Waals surface area contributed by atoms with Gasteiger partial charge in [-0.05, 0) is 55.9 Å². The van der Waals surface area contributed by atoms with Gasteiger partial charge in [-0.25, -0.2) is 4.39 Å². The van der Waals surface area contributed by atoms with E-state index in [1.807, 2.05) is 38.4 Å². The number of likely N-dealkylation sites (N-methyl/N-ethyl adjacent to an activating group) is 1. The summed E-state index contributed by atoms with van der Waals surface area (Å²) in [6, 6.07) is 11.1. The number of guanidine groups is 1. The highest BCUT2D eigenvalue weighted by atomic mass is 19.1. The van der Waals surface area contributed by atoms with Crippen molar-refractivity contribution in [3.05, 3.63) is 58.9 Å². The zero-order valence-electron chi connectivity index (χ0n) is 18.0. The molecule has 2 aromatic carbocycles. The molecule has 0 radical (unpaired) electrons. The first-order valence-electron chi connectivity index (χ1n) is 9.47. The maximum absolute atomic E-state index is 13.4. The van der Waals surface area contributed by atoms with E-state index in [9.17, 15) is 4.39 Å². The summed E-state index contributed by atoms with van der Waals surface area (Å²) >= 11 is 0. The van der Waals surface area contributed by atoms with Crippen LogP contribution in [0.1, 0.15) is 22.7 Å². The maximum Gasteiger partial charge on any atom is 0.191 e. The Morgan fingerprint density at radius 1 is 1.07 bits per heavy atom. The molecule has 2 aromatic rings. The molecule has 0 heterocycles. The summed E-state index contributed by atoms with van der Waals surface area (Å²) in [7, 11) is 9.04. The number of aliphatic imine (C=N–C) groups is 1. The van der Waals surface area contributed by atoms with Crippen LogP contribution in [0, 0.1) is 12.7 Å². The fraction of sp³-hybridized carbons (Fsp3) is 0.409. The van der Waals surface area contributed by atoms with E-state index in [1.165, 1.54) is 6.07 Å². The van der Waals surface area contributed by atoms with Gasteiger partial charge >= 0.3 is 0 Å². The van der Waals surface area contributed by atoms with E-state index in [4.69, 9.17) is 9.47 Å². The second-order valence-electron chi connectivity index (χ2n) is 6.98. The van der Waals surface area contributed by atoms with Gasteiger partial charge in [0.25, 0.3) is 0 Å². The van der Waals surface area contributed by atoms with Crippen LogP contribution in [0.2, 0.25) is 0 Å². The monoisotopic (exact) mass is 402 g/mol. The molecule has 0 aliphatic rings. The number of hydrogen-bond donors (Lipinski definition) is 2. The molecule has 0 bridgehead atoms. The summed E-state index contributed by atoms with van der Waals surface area (Å²) in [6.07, 6.45) is 0. The molecule has 0 saturated carbocycles. The van der Waals surface area contributed by atoms with Gasteiger partial charge in [0.15, 0.2) is 17.5 Å². The van der Waals surface area contributed by atoms with Gasteiger partial charge in [-0.15, -0.1) is 0 Å². The Hall–Kier alpha value is -2.80. The van der Waals surface area contributed by atoms with Gasteiger partial charge in [-0.1, -0.05) is 18.2 Å². The molecule has 0 aromatic heterocycles. The van der Waals surface area contributed by atoms with Crippen LogP contribution < -0.4 is 20.1 Å². The summed E-state index contributed by atoms with van der Waals surface area (Å²) in [4.78, 5) is 6.42. The molecule has 158 valence electrons. The summed E-state index contributed by atoms with van der Waals surface area (Å²) < 4.78 is 24.2. The predicted molar refractivity (Wildman–Crippen MR) is 115 cm³/mol. The van der Waals surface area contributed by atoms with Crippen molar-refractivity contribution in [3.8, 4) is 11.5 Å². The molecule has 1 unspecified atom stereocenters. The molecule has 7 heteroatoms. The molecule has 0 aliphatic heterocycles. The average Bonchev–Trinajstić information content (AvgIpc) is 2.72. The number of rotatable bonds is 8. The predicted octanol–water partition coefficient (Wildman–Crippen LogP) is 3.12. The third kappa shape index (κ3) is 6.09. The molecule has 0 saturated heterocycles. The topological polar surface area (TPSA) is 58.1 Å². The van der Waals surface area contributed by atoms with Crippen molar-refractivity contribution in [2.45, 2.75) is 19.5 Å². The zero-order chi connectivity index (χ0) is 21.4. The molecule has 0 amide bonds. The lowest BCUT2D eigenvalue weighted by Crippen LogP contribution is -2.41. The van der Waals surface area contributed by atoms with Crippen LogP contribution in [0.5, 0.6) is 11.5 Å². The lowest BCUT2D eigenvalue weighted by atomic mass is 10.1. The van der Waals surface area contributed by atoms with E-state index in [2.05, 4.69) is 20.5 Å². The lowest BCUT2D eigenvalue weighted by molar-refractivity contribution is 0.295. The summed E-state index contributed by atoms with van der Waals surface area (Å²) in [5.74, 6) is 1.89. The van der Waals surface area contributed by atoms with Crippen LogP contribution in [-0.4, -0.2) is 52.8 Å². The first-order chi connectivity index (χ1) is 13.9. The number of hydrogen-bond acceptors (Lipinski definition) is 4. The number of methoxy groups -OCH3 is 2. The number of halogens is 1. The average molecular weight is 403 g/mol. The second kappa shape index (κ2) is 10.7. The molecule has 0 spiro atoms. The Bertz CT molecular complexity index is 840. The van der Waals surface area contributed by atoms with E-state index < -0.39 is 0 Å². The Labute approximate surface area is 172 Å². The molecular formula is C22H31FN4O2. The van der Waals surface area contributed by atoms with E-state index in [0.29, 0.717) is 36.1 Å². The van der Waals surface area contributed by atoms with Crippen molar-refractivity contribution in [2.75, 3.05) is 41.9 Å². The van der Waals surface area contributed by atoms with Crippen molar-refractivity contribution >= 4 is 5.96 Å².